The Morgan fingerprint density at radius 3 is 2.80 bits per heavy atom. The van der Waals surface area contributed by atoms with Crippen LogP contribution in [0.3, 0.4) is 0 Å². The van der Waals surface area contributed by atoms with E-state index in [0.29, 0.717) is 6.04 Å². The van der Waals surface area contributed by atoms with Gasteiger partial charge in [0, 0.05) is 12.2 Å². The van der Waals surface area contributed by atoms with Crippen molar-refractivity contribution in [1.29, 1.82) is 0 Å². The third-order valence-electron chi connectivity index (χ3n) is 1.84. The van der Waals surface area contributed by atoms with Gasteiger partial charge < -0.3 is 10.2 Å². The van der Waals surface area contributed by atoms with E-state index in [-0.39, 0.29) is 0 Å². The summed E-state index contributed by atoms with van der Waals surface area (Å²) in [5, 5.41) is 4.38. The Morgan fingerprint density at radius 2 is 2.40 bits per heavy atom. The van der Waals surface area contributed by atoms with E-state index in [1.807, 2.05) is 0 Å². The van der Waals surface area contributed by atoms with Crippen molar-refractivity contribution >= 4 is 0 Å². The molecule has 1 heterocycles. The van der Waals surface area contributed by atoms with Gasteiger partial charge in [-0.15, -0.1) is 12.6 Å². The molecule has 1 atom stereocenters. The first-order chi connectivity index (χ1) is 4.70. The third-order valence-corrected chi connectivity index (χ3v) is 1.84. The first-order valence-corrected chi connectivity index (χ1v) is 3.77. The molecule has 1 fully saturated rings. The molecule has 0 saturated carbocycles. The maximum Gasteiger partial charge on any atom is 0.00269 e. The van der Waals surface area contributed by atoms with E-state index in [1.165, 1.54) is 5.70 Å². The zero-order chi connectivity index (χ0) is 7.56. The molecule has 1 rings (SSSR count). The van der Waals surface area contributed by atoms with Gasteiger partial charge in [-0.25, -0.2) is 0 Å². The largest absolute Gasteiger partial charge is 0.657 e. The average molecular weight is 139 g/mol. The number of hydrogen-bond donors (Lipinski definition) is 0. The van der Waals surface area contributed by atoms with Crippen LogP contribution in [0.15, 0.2) is 12.3 Å². The predicted octanol–water partition coefficient (Wildman–Crippen LogP) is 1.60. The Hall–Kier alpha value is -0.500. The lowest BCUT2D eigenvalue weighted by Gasteiger charge is -2.42. The van der Waals surface area contributed by atoms with Gasteiger partial charge in [0.15, 0.2) is 0 Å². The summed E-state index contributed by atoms with van der Waals surface area (Å²) in [5.41, 5.74) is 1.17. The Morgan fingerprint density at radius 1 is 1.70 bits per heavy atom. The fourth-order valence-corrected chi connectivity index (χ4v) is 1.21. The van der Waals surface area contributed by atoms with Crippen LogP contribution in [0.4, 0.5) is 0 Å². The summed E-state index contributed by atoms with van der Waals surface area (Å²) in [6.45, 7) is 11.2. The van der Waals surface area contributed by atoms with Crippen molar-refractivity contribution in [3.63, 3.8) is 0 Å². The summed E-state index contributed by atoms with van der Waals surface area (Å²) in [5.74, 6) is 0. The lowest BCUT2D eigenvalue weighted by atomic mass is 10.2. The molecule has 0 aliphatic carbocycles. The lowest BCUT2D eigenvalue weighted by molar-refractivity contribution is 0.321. The number of rotatable bonds is 1. The highest BCUT2D eigenvalue weighted by Gasteiger charge is 2.06. The molecule has 0 spiro atoms. The van der Waals surface area contributed by atoms with Crippen LogP contribution in [0.2, 0.25) is 0 Å². The predicted molar refractivity (Wildman–Crippen MR) is 44.1 cm³/mol. The van der Waals surface area contributed by atoms with Gasteiger partial charge in [-0.3, -0.25) is 0 Å². The van der Waals surface area contributed by atoms with Crippen molar-refractivity contribution in [2.45, 2.75) is 19.9 Å². The highest BCUT2D eigenvalue weighted by molar-refractivity contribution is 5.02. The number of nitrogens with zero attached hydrogens (tertiary/aromatic N) is 2. The van der Waals surface area contributed by atoms with Crippen LogP contribution >= 0.6 is 0 Å². The number of allylic oxidation sites excluding steroid dienone is 1. The first kappa shape index (κ1) is 7.61. The van der Waals surface area contributed by atoms with Crippen molar-refractivity contribution in [2.75, 3.05) is 19.6 Å². The molecule has 0 amide bonds. The van der Waals surface area contributed by atoms with E-state index in [1.54, 1.807) is 0 Å². The minimum Gasteiger partial charge on any atom is -0.657 e. The maximum absolute atomic E-state index is 4.38. The van der Waals surface area contributed by atoms with Gasteiger partial charge >= 0.3 is 0 Å². The van der Waals surface area contributed by atoms with E-state index in [0.717, 1.165) is 19.6 Å². The SMILES string of the molecule is C=C(C)N1CC[N-][C@@H](C)C1. The van der Waals surface area contributed by atoms with Gasteiger partial charge in [0.2, 0.25) is 0 Å². The molecule has 2 nitrogen and oxygen atoms in total. The zero-order valence-electron chi connectivity index (χ0n) is 6.80. The standard InChI is InChI=1S/C8H15N2/c1-7(2)10-5-4-9-8(3)6-10/h8H,1,4-6H2,2-3H3/q-1/t8-/m0/s1. The van der Waals surface area contributed by atoms with Gasteiger partial charge in [0.05, 0.1) is 0 Å². The second-order valence-electron chi connectivity index (χ2n) is 2.94. The quantitative estimate of drug-likeness (QED) is 0.539. The molecule has 2 heteroatoms. The van der Waals surface area contributed by atoms with Crippen molar-refractivity contribution in [3.05, 3.63) is 17.6 Å². The summed E-state index contributed by atoms with van der Waals surface area (Å²) >= 11 is 0. The first-order valence-electron chi connectivity index (χ1n) is 3.77. The highest BCUT2D eigenvalue weighted by Crippen LogP contribution is 2.12. The van der Waals surface area contributed by atoms with Gasteiger partial charge in [0.25, 0.3) is 0 Å². The van der Waals surface area contributed by atoms with Crippen LogP contribution in [-0.2, 0) is 0 Å². The van der Waals surface area contributed by atoms with Crippen LogP contribution in [0.25, 0.3) is 5.32 Å². The Bertz CT molecular complexity index is 131. The topological polar surface area (TPSA) is 17.3 Å². The summed E-state index contributed by atoms with van der Waals surface area (Å²) in [6.07, 6.45) is 0. The van der Waals surface area contributed by atoms with Gasteiger partial charge in [-0.05, 0) is 13.5 Å². The summed E-state index contributed by atoms with van der Waals surface area (Å²) in [7, 11) is 0. The molecule has 0 aromatic heterocycles. The van der Waals surface area contributed by atoms with Crippen LogP contribution in [-0.4, -0.2) is 30.6 Å². The molecule has 0 aromatic carbocycles. The van der Waals surface area contributed by atoms with Crippen molar-refractivity contribution in [2.24, 2.45) is 0 Å². The third kappa shape index (κ3) is 1.74. The summed E-state index contributed by atoms with van der Waals surface area (Å²) in [6, 6.07) is 0.491. The van der Waals surface area contributed by atoms with Crippen molar-refractivity contribution < 1.29 is 0 Å². The molecule has 58 valence electrons. The maximum atomic E-state index is 4.38. The van der Waals surface area contributed by atoms with Gasteiger partial charge in [-0.2, -0.15) is 0 Å². The van der Waals surface area contributed by atoms with Crippen LogP contribution in [0.5, 0.6) is 0 Å². The van der Waals surface area contributed by atoms with Crippen LogP contribution < -0.4 is 0 Å². The normalized spacial score (nSPS) is 26.6. The molecule has 0 unspecified atom stereocenters. The number of piperazine rings is 1. The highest BCUT2D eigenvalue weighted by atomic mass is 15.2. The molecule has 1 saturated heterocycles. The fraction of sp³-hybridized carbons (Fsp3) is 0.750. The number of hydrogen-bond acceptors (Lipinski definition) is 1. The smallest absolute Gasteiger partial charge is 0.00269 e. The second kappa shape index (κ2) is 3.06. The van der Waals surface area contributed by atoms with Gasteiger partial charge in [-0.1, -0.05) is 13.5 Å². The van der Waals surface area contributed by atoms with Crippen molar-refractivity contribution in [3.8, 4) is 0 Å². The Balaban J connectivity index is 2.39. The minimum absolute atomic E-state index is 0.491. The zero-order valence-corrected chi connectivity index (χ0v) is 6.80. The monoisotopic (exact) mass is 139 g/mol. The summed E-state index contributed by atoms with van der Waals surface area (Å²) in [4.78, 5) is 2.29. The average Bonchev–Trinajstić information content (AvgIpc) is 1.88. The van der Waals surface area contributed by atoms with E-state index >= 15 is 0 Å². The minimum atomic E-state index is 0.491. The molecule has 0 radical (unpaired) electrons. The molecule has 0 N–H and O–H groups in total. The van der Waals surface area contributed by atoms with Crippen molar-refractivity contribution in [1.82, 2.24) is 4.90 Å². The van der Waals surface area contributed by atoms with Gasteiger partial charge in [0.1, 0.15) is 0 Å². The van der Waals surface area contributed by atoms with Crippen LogP contribution in [0, 0.1) is 0 Å². The lowest BCUT2D eigenvalue weighted by Crippen LogP contribution is -2.36. The van der Waals surface area contributed by atoms with E-state index < -0.39 is 0 Å². The Labute approximate surface area is 62.9 Å². The molecule has 10 heavy (non-hydrogen) atoms. The molecular weight excluding hydrogens is 124 g/mol. The molecule has 0 aromatic rings. The fourth-order valence-electron chi connectivity index (χ4n) is 1.21. The van der Waals surface area contributed by atoms with Crippen LogP contribution in [0.1, 0.15) is 13.8 Å². The second-order valence-corrected chi connectivity index (χ2v) is 2.94. The van der Waals surface area contributed by atoms with E-state index in [2.05, 4.69) is 30.6 Å². The molecular formula is C8H15N2-. The molecule has 1 aliphatic heterocycles. The van der Waals surface area contributed by atoms with E-state index in [4.69, 9.17) is 0 Å². The molecule has 1 aliphatic rings. The summed E-state index contributed by atoms with van der Waals surface area (Å²) < 4.78 is 0. The Kier molecular flexibility index (Phi) is 2.33. The molecule has 0 bridgehead atoms. The van der Waals surface area contributed by atoms with E-state index in [9.17, 15) is 0 Å².